The van der Waals surface area contributed by atoms with Gasteiger partial charge >= 0.3 is 0 Å². The van der Waals surface area contributed by atoms with E-state index in [4.69, 9.17) is 9.47 Å². The van der Waals surface area contributed by atoms with Gasteiger partial charge in [0, 0.05) is 6.07 Å². The minimum atomic E-state index is 0.747. The lowest BCUT2D eigenvalue weighted by Gasteiger charge is -2.09. The van der Waals surface area contributed by atoms with Crippen LogP contribution < -0.4 is 9.47 Å². The highest BCUT2D eigenvalue weighted by molar-refractivity contribution is 5.32. The van der Waals surface area contributed by atoms with Gasteiger partial charge in [0.2, 0.25) is 0 Å². The van der Waals surface area contributed by atoms with Crippen LogP contribution in [-0.2, 0) is 0 Å². The predicted octanol–water partition coefficient (Wildman–Crippen LogP) is 5.16. The third-order valence-electron chi connectivity index (χ3n) is 2.95. The molecule has 0 saturated heterocycles. The molecule has 0 saturated carbocycles. The standard InChI is InChI=1S/C18H26O2/c1-3-5-7-9-14-19-17-12-11-13-18(16-17)20-15-10-8-6-4-2/h3-4,11-13,16H,1-2,5-10,14-15H2. The average Bonchev–Trinajstić information content (AvgIpc) is 2.47. The van der Waals surface area contributed by atoms with E-state index in [1.165, 1.54) is 0 Å². The Hall–Kier alpha value is -1.70. The van der Waals surface area contributed by atoms with Crippen molar-refractivity contribution in [3.05, 3.63) is 49.6 Å². The SMILES string of the molecule is C=CCCCCOc1cccc(OCCCCC=C)c1. The zero-order valence-electron chi connectivity index (χ0n) is 12.4. The molecule has 0 N–H and O–H groups in total. The molecular formula is C18H26O2. The molecule has 2 nitrogen and oxygen atoms in total. The van der Waals surface area contributed by atoms with E-state index in [1.807, 2.05) is 36.4 Å². The maximum absolute atomic E-state index is 5.71. The van der Waals surface area contributed by atoms with Crippen molar-refractivity contribution in [2.75, 3.05) is 13.2 Å². The van der Waals surface area contributed by atoms with Crippen LogP contribution in [0.5, 0.6) is 11.5 Å². The molecule has 0 amide bonds. The van der Waals surface area contributed by atoms with Crippen LogP contribution in [0.25, 0.3) is 0 Å². The first-order chi connectivity index (χ1) is 9.86. The number of unbranched alkanes of at least 4 members (excludes halogenated alkanes) is 4. The molecule has 0 unspecified atom stereocenters. The first-order valence-corrected chi connectivity index (χ1v) is 7.44. The van der Waals surface area contributed by atoms with Crippen molar-refractivity contribution in [2.45, 2.75) is 38.5 Å². The lowest BCUT2D eigenvalue weighted by atomic mass is 10.2. The number of benzene rings is 1. The van der Waals surface area contributed by atoms with E-state index >= 15 is 0 Å². The van der Waals surface area contributed by atoms with Gasteiger partial charge in [0.15, 0.2) is 0 Å². The molecular weight excluding hydrogens is 248 g/mol. The van der Waals surface area contributed by atoms with Crippen LogP contribution in [0.15, 0.2) is 49.6 Å². The fraction of sp³-hybridized carbons (Fsp3) is 0.444. The molecule has 0 aromatic heterocycles. The van der Waals surface area contributed by atoms with Crippen molar-refractivity contribution >= 4 is 0 Å². The van der Waals surface area contributed by atoms with Crippen molar-refractivity contribution in [2.24, 2.45) is 0 Å². The summed E-state index contributed by atoms with van der Waals surface area (Å²) in [6, 6.07) is 7.87. The Morgan fingerprint density at radius 2 is 1.30 bits per heavy atom. The van der Waals surface area contributed by atoms with E-state index in [2.05, 4.69) is 13.2 Å². The molecule has 110 valence electrons. The summed E-state index contributed by atoms with van der Waals surface area (Å²) < 4.78 is 11.4. The van der Waals surface area contributed by atoms with Gasteiger partial charge in [-0.1, -0.05) is 18.2 Å². The lowest BCUT2D eigenvalue weighted by Crippen LogP contribution is -1.99. The highest BCUT2D eigenvalue weighted by atomic mass is 16.5. The fourth-order valence-electron chi connectivity index (χ4n) is 1.82. The Kier molecular flexibility index (Phi) is 9.12. The molecule has 1 aromatic carbocycles. The normalized spacial score (nSPS) is 10.0. The minimum Gasteiger partial charge on any atom is -0.493 e. The summed E-state index contributed by atoms with van der Waals surface area (Å²) in [4.78, 5) is 0. The van der Waals surface area contributed by atoms with Gasteiger partial charge in [-0.2, -0.15) is 0 Å². The summed E-state index contributed by atoms with van der Waals surface area (Å²) in [6.45, 7) is 8.92. The van der Waals surface area contributed by atoms with Crippen molar-refractivity contribution in [1.29, 1.82) is 0 Å². The molecule has 2 heteroatoms. The lowest BCUT2D eigenvalue weighted by molar-refractivity contribution is 0.292. The predicted molar refractivity (Wildman–Crippen MR) is 85.5 cm³/mol. The zero-order chi connectivity index (χ0) is 14.5. The maximum atomic E-state index is 5.71. The molecule has 1 aromatic rings. The molecule has 20 heavy (non-hydrogen) atoms. The van der Waals surface area contributed by atoms with Crippen LogP contribution in [0.3, 0.4) is 0 Å². The zero-order valence-corrected chi connectivity index (χ0v) is 12.4. The number of ether oxygens (including phenoxy) is 2. The Bertz CT molecular complexity index is 352. The van der Waals surface area contributed by atoms with E-state index in [0.29, 0.717) is 0 Å². The van der Waals surface area contributed by atoms with Gasteiger partial charge in [0.25, 0.3) is 0 Å². The highest BCUT2D eigenvalue weighted by Gasteiger charge is 1.98. The summed E-state index contributed by atoms with van der Waals surface area (Å²) in [6.07, 6.45) is 10.4. The third-order valence-corrected chi connectivity index (χ3v) is 2.95. The van der Waals surface area contributed by atoms with Gasteiger partial charge < -0.3 is 9.47 Å². The highest BCUT2D eigenvalue weighted by Crippen LogP contribution is 2.20. The van der Waals surface area contributed by atoms with E-state index in [1.54, 1.807) is 0 Å². The average molecular weight is 274 g/mol. The van der Waals surface area contributed by atoms with Crippen LogP contribution in [0, 0.1) is 0 Å². The quantitative estimate of drug-likeness (QED) is 0.387. The van der Waals surface area contributed by atoms with Crippen molar-refractivity contribution in [3.63, 3.8) is 0 Å². The summed E-state index contributed by atoms with van der Waals surface area (Å²) >= 11 is 0. The topological polar surface area (TPSA) is 18.5 Å². The number of hydrogen-bond acceptors (Lipinski definition) is 2. The third kappa shape index (κ3) is 7.67. The first kappa shape index (κ1) is 16.4. The van der Waals surface area contributed by atoms with Crippen molar-refractivity contribution < 1.29 is 9.47 Å². The molecule has 0 fully saturated rings. The van der Waals surface area contributed by atoms with Crippen LogP contribution in [0.2, 0.25) is 0 Å². The Labute approximate surface area is 123 Å². The molecule has 0 aliphatic heterocycles. The molecule has 0 aliphatic rings. The molecule has 0 aliphatic carbocycles. The maximum Gasteiger partial charge on any atom is 0.122 e. The largest absolute Gasteiger partial charge is 0.493 e. The minimum absolute atomic E-state index is 0.747. The van der Waals surface area contributed by atoms with Crippen LogP contribution in [-0.4, -0.2) is 13.2 Å². The van der Waals surface area contributed by atoms with Gasteiger partial charge in [0.05, 0.1) is 13.2 Å². The van der Waals surface area contributed by atoms with E-state index in [9.17, 15) is 0 Å². The van der Waals surface area contributed by atoms with Crippen LogP contribution in [0.1, 0.15) is 38.5 Å². The molecule has 1 rings (SSSR count). The second kappa shape index (κ2) is 11.2. The summed E-state index contributed by atoms with van der Waals surface area (Å²) in [7, 11) is 0. The smallest absolute Gasteiger partial charge is 0.122 e. The molecule has 0 atom stereocenters. The monoisotopic (exact) mass is 274 g/mol. The number of hydrogen-bond donors (Lipinski definition) is 0. The van der Waals surface area contributed by atoms with Gasteiger partial charge in [-0.05, 0) is 50.7 Å². The van der Waals surface area contributed by atoms with Crippen LogP contribution >= 0.6 is 0 Å². The van der Waals surface area contributed by atoms with E-state index in [0.717, 1.165) is 63.2 Å². The van der Waals surface area contributed by atoms with Gasteiger partial charge in [-0.15, -0.1) is 13.2 Å². The van der Waals surface area contributed by atoms with Gasteiger partial charge in [0.1, 0.15) is 11.5 Å². The van der Waals surface area contributed by atoms with Gasteiger partial charge in [-0.25, -0.2) is 0 Å². The molecule has 0 bridgehead atoms. The number of rotatable bonds is 12. The Balaban J connectivity index is 2.22. The summed E-state index contributed by atoms with van der Waals surface area (Å²) in [5.74, 6) is 1.76. The van der Waals surface area contributed by atoms with Gasteiger partial charge in [-0.3, -0.25) is 0 Å². The van der Waals surface area contributed by atoms with Crippen molar-refractivity contribution in [3.8, 4) is 11.5 Å². The van der Waals surface area contributed by atoms with Crippen molar-refractivity contribution in [1.82, 2.24) is 0 Å². The second-order valence-corrected chi connectivity index (χ2v) is 4.74. The summed E-state index contributed by atoms with van der Waals surface area (Å²) in [5, 5.41) is 0. The first-order valence-electron chi connectivity index (χ1n) is 7.44. The second-order valence-electron chi connectivity index (χ2n) is 4.74. The Morgan fingerprint density at radius 1 is 0.800 bits per heavy atom. The molecule has 0 radical (unpaired) electrons. The number of allylic oxidation sites excluding steroid dienone is 2. The van der Waals surface area contributed by atoms with Crippen LogP contribution in [0.4, 0.5) is 0 Å². The van der Waals surface area contributed by atoms with E-state index < -0.39 is 0 Å². The Morgan fingerprint density at radius 3 is 1.75 bits per heavy atom. The van der Waals surface area contributed by atoms with E-state index in [-0.39, 0.29) is 0 Å². The molecule has 0 spiro atoms. The summed E-state index contributed by atoms with van der Waals surface area (Å²) in [5.41, 5.74) is 0. The fourth-order valence-corrected chi connectivity index (χ4v) is 1.82. The molecule has 0 heterocycles.